The van der Waals surface area contributed by atoms with Crippen LogP contribution in [-0.4, -0.2) is 25.4 Å². The molecule has 1 unspecified atom stereocenters. The Morgan fingerprint density at radius 2 is 2.18 bits per heavy atom. The smallest absolute Gasteiger partial charge is 0.110 e. The molecule has 17 heavy (non-hydrogen) atoms. The van der Waals surface area contributed by atoms with Gasteiger partial charge >= 0.3 is 0 Å². The Kier molecular flexibility index (Phi) is 4.95. The Balaban J connectivity index is 1.89. The molecule has 0 radical (unpaired) electrons. The van der Waals surface area contributed by atoms with Crippen LogP contribution in [0.15, 0.2) is 45.5 Å². The van der Waals surface area contributed by atoms with E-state index in [1.165, 1.54) is 4.90 Å². The van der Waals surface area contributed by atoms with E-state index < -0.39 is 0 Å². The second-order valence-corrected chi connectivity index (χ2v) is 5.86. The largest absolute Gasteiger partial charge is 0.496 e. The highest BCUT2D eigenvalue weighted by atomic mass is 79.9. The monoisotopic (exact) mass is 313 g/mol. The lowest BCUT2D eigenvalue weighted by atomic mass is 10.2. The van der Waals surface area contributed by atoms with Crippen LogP contribution in [0.2, 0.25) is 0 Å². The van der Waals surface area contributed by atoms with Gasteiger partial charge in [0, 0.05) is 21.5 Å². The van der Waals surface area contributed by atoms with Crippen LogP contribution in [0.25, 0.3) is 0 Å². The lowest BCUT2D eigenvalue weighted by Crippen LogP contribution is -2.30. The van der Waals surface area contributed by atoms with Crippen molar-refractivity contribution in [3.63, 3.8) is 0 Å². The highest BCUT2D eigenvalue weighted by Crippen LogP contribution is 2.24. The number of benzene rings is 1. The Bertz CT molecular complexity index is 391. The van der Waals surface area contributed by atoms with Gasteiger partial charge in [-0.05, 0) is 37.4 Å². The number of ether oxygens (including phenoxy) is 1. The van der Waals surface area contributed by atoms with Crippen LogP contribution in [0.3, 0.4) is 0 Å². The van der Waals surface area contributed by atoms with Crippen molar-refractivity contribution in [3.05, 3.63) is 40.6 Å². The summed E-state index contributed by atoms with van der Waals surface area (Å²) < 4.78 is 6.71. The summed E-state index contributed by atoms with van der Waals surface area (Å²) in [4.78, 5) is 1.28. The van der Waals surface area contributed by atoms with Gasteiger partial charge in [-0.25, -0.2) is 0 Å². The van der Waals surface area contributed by atoms with Crippen LogP contribution in [-0.2, 0) is 4.74 Å². The maximum atomic E-state index is 5.59. The summed E-state index contributed by atoms with van der Waals surface area (Å²) in [6, 6.07) is 8.71. The molecule has 0 spiro atoms. The Morgan fingerprint density at radius 1 is 1.41 bits per heavy atom. The van der Waals surface area contributed by atoms with Gasteiger partial charge in [0.15, 0.2) is 0 Å². The molecular formula is C13H16BrNOS. The second kappa shape index (κ2) is 6.47. The van der Waals surface area contributed by atoms with Crippen molar-refractivity contribution in [3.8, 4) is 0 Å². The van der Waals surface area contributed by atoms with E-state index in [2.05, 4.69) is 51.6 Å². The van der Waals surface area contributed by atoms with E-state index in [1.807, 2.05) is 18.8 Å². The van der Waals surface area contributed by atoms with E-state index in [0.717, 1.165) is 29.0 Å². The van der Waals surface area contributed by atoms with Crippen molar-refractivity contribution in [1.82, 2.24) is 5.32 Å². The number of halogens is 1. The molecule has 1 aromatic carbocycles. The van der Waals surface area contributed by atoms with Gasteiger partial charge in [-0.3, -0.25) is 0 Å². The molecule has 1 heterocycles. The molecule has 0 saturated heterocycles. The van der Waals surface area contributed by atoms with Gasteiger partial charge < -0.3 is 10.1 Å². The predicted octanol–water partition coefficient (Wildman–Crippen LogP) is 3.43. The number of nitrogens with one attached hydrogen (secondary N) is 1. The van der Waals surface area contributed by atoms with Crippen molar-refractivity contribution < 1.29 is 4.74 Å². The number of rotatable bonds is 5. The molecule has 4 heteroatoms. The molecule has 1 aliphatic heterocycles. The Hall–Kier alpha value is -0.450. The number of thioether (sulfide) groups is 1. The van der Waals surface area contributed by atoms with Crippen molar-refractivity contribution in [2.75, 3.05) is 19.4 Å². The zero-order chi connectivity index (χ0) is 12.1. The topological polar surface area (TPSA) is 21.3 Å². The SMILES string of the molecule is CNC(CSc1ccc(Br)cc1)C1=CCCO1. The van der Waals surface area contributed by atoms with Gasteiger partial charge in [0.1, 0.15) is 5.76 Å². The van der Waals surface area contributed by atoms with Gasteiger partial charge in [0.05, 0.1) is 12.6 Å². The molecule has 0 bridgehead atoms. The van der Waals surface area contributed by atoms with E-state index in [-0.39, 0.29) is 0 Å². The first-order chi connectivity index (χ1) is 8.29. The van der Waals surface area contributed by atoms with Gasteiger partial charge in [0.2, 0.25) is 0 Å². The second-order valence-electron chi connectivity index (χ2n) is 3.85. The molecule has 0 fully saturated rings. The van der Waals surface area contributed by atoms with E-state index in [9.17, 15) is 0 Å². The standard InChI is InChI=1S/C13H16BrNOS/c1-15-12(13-3-2-8-16-13)9-17-11-6-4-10(14)5-7-11/h3-7,12,15H,2,8-9H2,1H3. The number of hydrogen-bond acceptors (Lipinski definition) is 3. The predicted molar refractivity (Wildman–Crippen MR) is 76.4 cm³/mol. The molecule has 1 aromatic rings. The normalized spacial score (nSPS) is 16.5. The summed E-state index contributed by atoms with van der Waals surface area (Å²) in [5, 5.41) is 3.30. The minimum atomic E-state index is 0.311. The Morgan fingerprint density at radius 3 is 2.76 bits per heavy atom. The molecule has 92 valence electrons. The number of hydrogen-bond donors (Lipinski definition) is 1. The third-order valence-electron chi connectivity index (χ3n) is 2.65. The van der Waals surface area contributed by atoms with Crippen LogP contribution < -0.4 is 5.32 Å². The minimum Gasteiger partial charge on any atom is -0.496 e. The van der Waals surface area contributed by atoms with Gasteiger partial charge in [-0.15, -0.1) is 11.8 Å². The fourth-order valence-corrected chi connectivity index (χ4v) is 2.98. The molecular weight excluding hydrogens is 298 g/mol. The molecule has 0 aliphatic carbocycles. The first-order valence-corrected chi connectivity index (χ1v) is 7.46. The summed E-state index contributed by atoms with van der Waals surface area (Å²) in [6.07, 6.45) is 3.22. The minimum absolute atomic E-state index is 0.311. The highest BCUT2D eigenvalue weighted by Gasteiger charge is 2.17. The first-order valence-electron chi connectivity index (χ1n) is 5.68. The van der Waals surface area contributed by atoms with Crippen molar-refractivity contribution in [2.45, 2.75) is 17.4 Å². The average Bonchev–Trinajstić information content (AvgIpc) is 2.86. The summed E-state index contributed by atoms with van der Waals surface area (Å²) in [6.45, 7) is 0.830. The summed E-state index contributed by atoms with van der Waals surface area (Å²) in [7, 11) is 1.98. The van der Waals surface area contributed by atoms with E-state index >= 15 is 0 Å². The maximum absolute atomic E-state index is 5.59. The fourth-order valence-electron chi connectivity index (χ4n) is 1.70. The van der Waals surface area contributed by atoms with Gasteiger partial charge in [0.25, 0.3) is 0 Å². The molecule has 0 amide bonds. The van der Waals surface area contributed by atoms with Crippen LogP contribution >= 0.6 is 27.7 Å². The van der Waals surface area contributed by atoms with Crippen LogP contribution in [0.4, 0.5) is 0 Å². The molecule has 2 rings (SSSR count). The summed E-state index contributed by atoms with van der Waals surface area (Å²) in [5.41, 5.74) is 0. The Labute approximate surface area is 115 Å². The highest BCUT2D eigenvalue weighted by molar-refractivity contribution is 9.10. The number of likely N-dealkylation sites (N-methyl/N-ethyl adjacent to an activating group) is 1. The van der Waals surface area contributed by atoms with E-state index in [4.69, 9.17) is 4.74 Å². The average molecular weight is 314 g/mol. The fraction of sp³-hybridized carbons (Fsp3) is 0.385. The van der Waals surface area contributed by atoms with Crippen molar-refractivity contribution in [2.24, 2.45) is 0 Å². The van der Waals surface area contributed by atoms with Crippen LogP contribution in [0.1, 0.15) is 6.42 Å². The van der Waals surface area contributed by atoms with Crippen molar-refractivity contribution in [1.29, 1.82) is 0 Å². The van der Waals surface area contributed by atoms with E-state index in [1.54, 1.807) is 0 Å². The summed E-state index contributed by atoms with van der Waals surface area (Å²) in [5.74, 6) is 2.08. The maximum Gasteiger partial charge on any atom is 0.110 e. The molecule has 2 nitrogen and oxygen atoms in total. The zero-order valence-corrected chi connectivity index (χ0v) is 12.2. The molecule has 1 N–H and O–H groups in total. The lowest BCUT2D eigenvalue weighted by Gasteiger charge is -2.16. The van der Waals surface area contributed by atoms with Crippen LogP contribution in [0.5, 0.6) is 0 Å². The van der Waals surface area contributed by atoms with E-state index in [0.29, 0.717) is 6.04 Å². The molecule has 0 saturated carbocycles. The molecule has 1 aliphatic rings. The van der Waals surface area contributed by atoms with Gasteiger partial charge in [-0.2, -0.15) is 0 Å². The van der Waals surface area contributed by atoms with Gasteiger partial charge in [-0.1, -0.05) is 15.9 Å². The lowest BCUT2D eigenvalue weighted by molar-refractivity contribution is 0.222. The third-order valence-corrected chi connectivity index (χ3v) is 4.29. The molecule has 1 atom stereocenters. The molecule has 0 aromatic heterocycles. The zero-order valence-electron chi connectivity index (χ0n) is 9.78. The summed E-state index contributed by atoms with van der Waals surface area (Å²) >= 11 is 5.29. The first kappa shape index (κ1) is 13.0. The third kappa shape index (κ3) is 3.76. The van der Waals surface area contributed by atoms with Crippen molar-refractivity contribution >= 4 is 27.7 Å². The van der Waals surface area contributed by atoms with Crippen LogP contribution in [0, 0.1) is 0 Å². The quantitative estimate of drug-likeness (QED) is 0.841.